The number of nitrogens with zero attached hydrogens (tertiary/aromatic N) is 1. The SMILES string of the molecule is CN(C)c1ccc(C(O)C(C/C=C/c2ccccc2)c2ccccc2)cc1. The van der Waals surface area contributed by atoms with Crippen molar-refractivity contribution in [1.29, 1.82) is 0 Å². The molecule has 0 saturated carbocycles. The van der Waals surface area contributed by atoms with E-state index in [1.54, 1.807) is 0 Å². The van der Waals surface area contributed by atoms with Gasteiger partial charge >= 0.3 is 0 Å². The van der Waals surface area contributed by atoms with Crippen LogP contribution in [0, 0.1) is 0 Å². The Morgan fingerprint density at radius 2 is 1.37 bits per heavy atom. The highest BCUT2D eigenvalue weighted by Crippen LogP contribution is 2.34. The predicted octanol–water partition coefficient (Wildman–Crippen LogP) is 5.67. The van der Waals surface area contributed by atoms with Crippen LogP contribution in [-0.4, -0.2) is 19.2 Å². The maximum absolute atomic E-state index is 11.1. The molecule has 1 N–H and O–H groups in total. The second-order valence-corrected chi connectivity index (χ2v) is 7.00. The maximum atomic E-state index is 11.1. The summed E-state index contributed by atoms with van der Waals surface area (Å²) in [7, 11) is 4.04. The predicted molar refractivity (Wildman–Crippen MR) is 115 cm³/mol. The van der Waals surface area contributed by atoms with E-state index in [4.69, 9.17) is 0 Å². The van der Waals surface area contributed by atoms with Crippen molar-refractivity contribution in [1.82, 2.24) is 0 Å². The molecule has 2 heteroatoms. The van der Waals surface area contributed by atoms with Gasteiger partial charge in [0, 0.05) is 25.7 Å². The van der Waals surface area contributed by atoms with Gasteiger partial charge in [0.1, 0.15) is 0 Å². The highest BCUT2D eigenvalue weighted by molar-refractivity contribution is 5.49. The van der Waals surface area contributed by atoms with E-state index < -0.39 is 6.10 Å². The Bertz CT molecular complexity index is 839. The fourth-order valence-electron chi connectivity index (χ4n) is 3.26. The summed E-state index contributed by atoms with van der Waals surface area (Å²) in [6.07, 6.45) is 4.50. The second-order valence-electron chi connectivity index (χ2n) is 7.00. The van der Waals surface area contributed by atoms with Crippen LogP contribution in [0.1, 0.15) is 35.1 Å². The molecule has 0 heterocycles. The van der Waals surface area contributed by atoms with E-state index in [1.807, 2.05) is 62.6 Å². The van der Waals surface area contributed by atoms with E-state index in [-0.39, 0.29) is 5.92 Å². The van der Waals surface area contributed by atoms with Gasteiger partial charge in [-0.2, -0.15) is 0 Å². The molecule has 2 unspecified atom stereocenters. The molecule has 0 aliphatic carbocycles. The molecule has 0 saturated heterocycles. The highest BCUT2D eigenvalue weighted by Gasteiger charge is 2.21. The molecule has 0 aliphatic heterocycles. The molecule has 0 spiro atoms. The summed E-state index contributed by atoms with van der Waals surface area (Å²) in [5.41, 5.74) is 4.40. The zero-order valence-corrected chi connectivity index (χ0v) is 16.0. The minimum atomic E-state index is -0.552. The minimum Gasteiger partial charge on any atom is -0.388 e. The summed E-state index contributed by atoms with van der Waals surface area (Å²) in [4.78, 5) is 2.06. The Balaban J connectivity index is 1.82. The van der Waals surface area contributed by atoms with Crippen molar-refractivity contribution in [3.8, 4) is 0 Å². The van der Waals surface area contributed by atoms with Crippen LogP contribution in [-0.2, 0) is 0 Å². The smallest absolute Gasteiger partial charge is 0.0861 e. The largest absolute Gasteiger partial charge is 0.388 e. The van der Waals surface area contributed by atoms with Gasteiger partial charge in [0.05, 0.1) is 6.10 Å². The lowest BCUT2D eigenvalue weighted by Crippen LogP contribution is -2.12. The summed E-state index contributed by atoms with van der Waals surface area (Å²) in [6, 6.07) is 28.7. The van der Waals surface area contributed by atoms with E-state index in [9.17, 15) is 5.11 Å². The van der Waals surface area contributed by atoms with Gasteiger partial charge < -0.3 is 10.0 Å². The first-order valence-electron chi connectivity index (χ1n) is 9.37. The summed E-state index contributed by atoms with van der Waals surface area (Å²) in [5, 5.41) is 11.1. The van der Waals surface area contributed by atoms with Crippen LogP contribution in [0.25, 0.3) is 6.08 Å². The van der Waals surface area contributed by atoms with E-state index in [1.165, 1.54) is 5.56 Å². The molecule has 0 bridgehead atoms. The number of allylic oxidation sites excluding steroid dienone is 1. The second kappa shape index (κ2) is 9.20. The topological polar surface area (TPSA) is 23.5 Å². The quantitative estimate of drug-likeness (QED) is 0.588. The van der Waals surface area contributed by atoms with Crippen LogP contribution >= 0.6 is 0 Å². The number of anilines is 1. The Morgan fingerprint density at radius 3 is 1.96 bits per heavy atom. The highest BCUT2D eigenvalue weighted by atomic mass is 16.3. The molecule has 2 atom stereocenters. The molecule has 0 aromatic heterocycles. The van der Waals surface area contributed by atoms with Crippen LogP contribution in [0.3, 0.4) is 0 Å². The number of rotatable bonds is 7. The van der Waals surface area contributed by atoms with Crippen molar-refractivity contribution in [2.45, 2.75) is 18.4 Å². The van der Waals surface area contributed by atoms with Crippen molar-refractivity contribution in [3.63, 3.8) is 0 Å². The Kier molecular flexibility index (Phi) is 6.45. The fraction of sp³-hybridized carbons (Fsp3) is 0.200. The monoisotopic (exact) mass is 357 g/mol. The first kappa shape index (κ1) is 18.9. The van der Waals surface area contributed by atoms with Gasteiger partial charge in [-0.25, -0.2) is 0 Å². The zero-order chi connectivity index (χ0) is 19.1. The van der Waals surface area contributed by atoms with Crippen LogP contribution in [0.2, 0.25) is 0 Å². The van der Waals surface area contributed by atoms with Gasteiger partial charge in [0.15, 0.2) is 0 Å². The Morgan fingerprint density at radius 1 is 0.778 bits per heavy atom. The lowest BCUT2D eigenvalue weighted by atomic mass is 9.86. The third-order valence-electron chi connectivity index (χ3n) is 4.86. The molecular weight excluding hydrogens is 330 g/mol. The van der Waals surface area contributed by atoms with E-state index in [0.29, 0.717) is 0 Å². The first-order valence-corrected chi connectivity index (χ1v) is 9.37. The van der Waals surface area contributed by atoms with Crippen molar-refractivity contribution in [2.75, 3.05) is 19.0 Å². The third-order valence-corrected chi connectivity index (χ3v) is 4.86. The molecular formula is C25H27NO. The third kappa shape index (κ3) is 5.08. The van der Waals surface area contributed by atoms with E-state index >= 15 is 0 Å². The molecule has 3 rings (SSSR count). The van der Waals surface area contributed by atoms with Crippen LogP contribution in [0.5, 0.6) is 0 Å². The molecule has 3 aromatic rings. The molecule has 27 heavy (non-hydrogen) atoms. The average Bonchev–Trinajstić information content (AvgIpc) is 2.72. The fourth-order valence-corrected chi connectivity index (χ4v) is 3.26. The zero-order valence-electron chi connectivity index (χ0n) is 16.0. The van der Waals surface area contributed by atoms with Gasteiger partial charge in [-0.05, 0) is 35.2 Å². The van der Waals surface area contributed by atoms with Gasteiger partial charge in [0.25, 0.3) is 0 Å². The first-order chi connectivity index (χ1) is 13.1. The van der Waals surface area contributed by atoms with Crippen LogP contribution < -0.4 is 4.90 Å². The molecule has 138 valence electrons. The van der Waals surface area contributed by atoms with Crippen LogP contribution in [0.15, 0.2) is 91.0 Å². The van der Waals surface area contributed by atoms with Gasteiger partial charge in [-0.3, -0.25) is 0 Å². The van der Waals surface area contributed by atoms with Crippen molar-refractivity contribution >= 4 is 11.8 Å². The molecule has 2 nitrogen and oxygen atoms in total. The number of benzene rings is 3. The van der Waals surface area contributed by atoms with E-state index in [0.717, 1.165) is 23.2 Å². The van der Waals surface area contributed by atoms with E-state index in [2.05, 4.69) is 53.5 Å². The van der Waals surface area contributed by atoms with Crippen molar-refractivity contribution < 1.29 is 5.11 Å². The normalized spacial score (nSPS) is 13.4. The number of aliphatic hydroxyl groups is 1. The lowest BCUT2D eigenvalue weighted by Gasteiger charge is -2.23. The maximum Gasteiger partial charge on any atom is 0.0861 e. The summed E-state index contributed by atoms with van der Waals surface area (Å²) in [5.74, 6) is 0.0105. The number of hydrogen-bond donors (Lipinski definition) is 1. The molecule has 0 aliphatic rings. The molecule has 0 amide bonds. The van der Waals surface area contributed by atoms with Gasteiger partial charge in [-0.1, -0.05) is 84.9 Å². The Labute approximate surface area is 162 Å². The van der Waals surface area contributed by atoms with Gasteiger partial charge in [-0.15, -0.1) is 0 Å². The summed E-state index contributed by atoms with van der Waals surface area (Å²) >= 11 is 0. The van der Waals surface area contributed by atoms with Crippen LogP contribution in [0.4, 0.5) is 5.69 Å². The summed E-state index contributed by atoms with van der Waals surface area (Å²) in [6.45, 7) is 0. The minimum absolute atomic E-state index is 0.0105. The number of hydrogen-bond acceptors (Lipinski definition) is 2. The summed E-state index contributed by atoms with van der Waals surface area (Å²) < 4.78 is 0. The number of aliphatic hydroxyl groups excluding tert-OH is 1. The molecule has 0 fully saturated rings. The molecule has 0 radical (unpaired) electrons. The average molecular weight is 357 g/mol. The Hall–Kier alpha value is -2.84. The van der Waals surface area contributed by atoms with Gasteiger partial charge in [0.2, 0.25) is 0 Å². The molecule has 3 aromatic carbocycles. The lowest BCUT2D eigenvalue weighted by molar-refractivity contribution is 0.145. The standard InChI is InChI=1S/C25H27NO/c1-26(2)23-18-16-22(17-19-23)25(27)24(21-13-7-4-8-14-21)15-9-12-20-10-5-3-6-11-20/h3-14,16-19,24-25,27H,15H2,1-2H3/b12-9+. The van der Waals surface area contributed by atoms with Crippen molar-refractivity contribution in [3.05, 3.63) is 108 Å². The van der Waals surface area contributed by atoms with Crippen molar-refractivity contribution in [2.24, 2.45) is 0 Å².